The lowest BCUT2D eigenvalue weighted by atomic mass is 9.48. The van der Waals surface area contributed by atoms with Crippen molar-refractivity contribution in [3.63, 3.8) is 0 Å². The maximum atomic E-state index is 11.7. The molecule has 3 fully saturated rings. The van der Waals surface area contributed by atoms with E-state index in [2.05, 4.69) is 25.2 Å². The Morgan fingerprint density at radius 1 is 1.07 bits per heavy atom. The molecular formula is C23H35NO3. The highest BCUT2D eigenvalue weighted by Crippen LogP contribution is 2.64. The summed E-state index contributed by atoms with van der Waals surface area (Å²) in [5, 5.41) is 3.26. The van der Waals surface area contributed by atoms with Crippen molar-refractivity contribution in [2.75, 3.05) is 0 Å². The fraction of sp³-hybridized carbons (Fsp3) is 0.826. The molecule has 0 bridgehead atoms. The monoisotopic (exact) mass is 373 g/mol. The highest BCUT2D eigenvalue weighted by Gasteiger charge is 2.58. The van der Waals surface area contributed by atoms with Crippen molar-refractivity contribution in [1.82, 2.24) is 5.32 Å². The molecule has 0 radical (unpaired) electrons. The first-order chi connectivity index (χ1) is 12.7. The van der Waals surface area contributed by atoms with Crippen LogP contribution in [0.1, 0.15) is 79.1 Å². The smallest absolute Gasteiger partial charge is 0.302 e. The molecule has 4 nitrogen and oxygen atoms in total. The molecule has 0 aromatic heterocycles. The number of fused-ring (bicyclic) bond motifs is 5. The van der Waals surface area contributed by atoms with Crippen molar-refractivity contribution in [2.24, 2.45) is 28.6 Å². The first-order valence-electron chi connectivity index (χ1n) is 10.9. The van der Waals surface area contributed by atoms with E-state index in [9.17, 15) is 9.59 Å². The van der Waals surface area contributed by atoms with E-state index >= 15 is 0 Å². The first kappa shape index (κ1) is 19.0. The van der Waals surface area contributed by atoms with E-state index in [0.717, 1.165) is 43.9 Å². The van der Waals surface area contributed by atoms with Gasteiger partial charge >= 0.3 is 5.97 Å². The van der Waals surface area contributed by atoms with Gasteiger partial charge in [0.05, 0.1) is 0 Å². The summed E-state index contributed by atoms with van der Waals surface area (Å²) in [6.45, 7) is 8.08. The van der Waals surface area contributed by atoms with Gasteiger partial charge in [-0.2, -0.15) is 0 Å². The molecule has 1 N–H and O–H groups in total. The molecule has 0 aliphatic heterocycles. The van der Waals surface area contributed by atoms with Crippen LogP contribution in [0.4, 0.5) is 0 Å². The molecule has 0 aromatic carbocycles. The number of carbonyl (C=O) groups excluding carboxylic acids is 2. The normalized spacial score (nSPS) is 45.8. The van der Waals surface area contributed by atoms with E-state index in [1.165, 1.54) is 26.2 Å². The van der Waals surface area contributed by atoms with E-state index in [4.69, 9.17) is 4.74 Å². The van der Waals surface area contributed by atoms with Gasteiger partial charge in [0.25, 0.3) is 0 Å². The molecule has 0 saturated heterocycles. The maximum Gasteiger partial charge on any atom is 0.302 e. The predicted molar refractivity (Wildman–Crippen MR) is 105 cm³/mol. The number of esters is 1. The molecule has 0 unspecified atom stereocenters. The van der Waals surface area contributed by atoms with E-state index in [1.807, 2.05) is 0 Å². The number of carbonyl (C=O) groups is 2. The molecule has 4 aliphatic rings. The summed E-state index contributed by atoms with van der Waals surface area (Å²) >= 11 is 0. The number of allylic oxidation sites excluding steroid dienone is 1. The number of nitrogens with one attached hydrogen (secondary N) is 1. The lowest BCUT2D eigenvalue weighted by Crippen LogP contribution is -2.53. The quantitative estimate of drug-likeness (QED) is 0.577. The third-order valence-electron chi connectivity index (χ3n) is 8.77. The largest absolute Gasteiger partial charge is 0.462 e. The van der Waals surface area contributed by atoms with Crippen LogP contribution < -0.4 is 5.32 Å². The van der Waals surface area contributed by atoms with Crippen molar-refractivity contribution in [3.05, 3.63) is 11.6 Å². The molecule has 0 heterocycles. The SMILES string of the molecule is CC(=O)N[C@H]1CC[C@H]2[C@@H]3CC=C4C[C@H](OC(C)=O)CC[C@]4(C)[C@H]3CC[C@]12C. The second-order valence-electron chi connectivity index (χ2n) is 10.1. The molecule has 4 rings (SSSR count). The lowest BCUT2D eigenvalue weighted by molar-refractivity contribution is -0.148. The molecule has 7 atom stereocenters. The van der Waals surface area contributed by atoms with Gasteiger partial charge in [-0.3, -0.25) is 9.59 Å². The van der Waals surface area contributed by atoms with Gasteiger partial charge in [-0.15, -0.1) is 0 Å². The number of hydrogen-bond acceptors (Lipinski definition) is 3. The molecule has 4 heteroatoms. The highest BCUT2D eigenvalue weighted by molar-refractivity contribution is 5.73. The van der Waals surface area contributed by atoms with Crippen molar-refractivity contribution >= 4 is 11.9 Å². The Labute approximate surface area is 163 Å². The minimum absolute atomic E-state index is 0.0721. The molecule has 150 valence electrons. The number of amides is 1. The first-order valence-corrected chi connectivity index (χ1v) is 10.9. The third kappa shape index (κ3) is 3.03. The van der Waals surface area contributed by atoms with Gasteiger partial charge in [0.2, 0.25) is 5.91 Å². The topological polar surface area (TPSA) is 55.4 Å². The molecule has 0 aromatic rings. The van der Waals surface area contributed by atoms with Crippen LogP contribution in [0.5, 0.6) is 0 Å². The van der Waals surface area contributed by atoms with Crippen LogP contribution in [-0.4, -0.2) is 24.0 Å². The van der Waals surface area contributed by atoms with Crippen LogP contribution in [0.25, 0.3) is 0 Å². The summed E-state index contributed by atoms with van der Waals surface area (Å²) in [5.41, 5.74) is 2.07. The minimum Gasteiger partial charge on any atom is -0.462 e. The van der Waals surface area contributed by atoms with Gasteiger partial charge in [0.1, 0.15) is 6.10 Å². The van der Waals surface area contributed by atoms with Crippen LogP contribution >= 0.6 is 0 Å². The number of hydrogen-bond donors (Lipinski definition) is 1. The second-order valence-corrected chi connectivity index (χ2v) is 10.1. The van der Waals surface area contributed by atoms with Gasteiger partial charge in [-0.1, -0.05) is 25.5 Å². The molecule has 0 spiro atoms. The Bertz CT molecular complexity index is 671. The van der Waals surface area contributed by atoms with Crippen LogP contribution in [-0.2, 0) is 14.3 Å². The van der Waals surface area contributed by atoms with Gasteiger partial charge in [-0.25, -0.2) is 0 Å². The Kier molecular flexibility index (Phi) is 4.67. The maximum absolute atomic E-state index is 11.7. The van der Waals surface area contributed by atoms with E-state index < -0.39 is 0 Å². The van der Waals surface area contributed by atoms with Gasteiger partial charge < -0.3 is 10.1 Å². The summed E-state index contributed by atoms with van der Waals surface area (Å²) in [4.78, 5) is 23.1. The van der Waals surface area contributed by atoms with Crippen molar-refractivity contribution in [1.29, 1.82) is 0 Å². The molecule has 4 aliphatic carbocycles. The zero-order valence-corrected chi connectivity index (χ0v) is 17.3. The zero-order chi connectivity index (χ0) is 19.4. The van der Waals surface area contributed by atoms with E-state index in [1.54, 1.807) is 12.5 Å². The van der Waals surface area contributed by atoms with Crippen LogP contribution in [0.3, 0.4) is 0 Å². The summed E-state index contributed by atoms with van der Waals surface area (Å²) in [6, 6.07) is 0.346. The minimum atomic E-state index is -0.152. The summed E-state index contributed by atoms with van der Waals surface area (Å²) < 4.78 is 5.54. The Morgan fingerprint density at radius 2 is 1.85 bits per heavy atom. The predicted octanol–water partition coefficient (Wildman–Crippen LogP) is 4.39. The lowest BCUT2D eigenvalue weighted by Gasteiger charge is -2.58. The van der Waals surface area contributed by atoms with Gasteiger partial charge in [0.15, 0.2) is 0 Å². The highest BCUT2D eigenvalue weighted by atomic mass is 16.5. The van der Waals surface area contributed by atoms with Gasteiger partial charge in [-0.05, 0) is 73.5 Å². The van der Waals surface area contributed by atoms with E-state index in [0.29, 0.717) is 12.0 Å². The standard InChI is InChI=1S/C23H35NO3/c1-14(25)24-21-8-7-19-18-6-5-16-13-17(27-15(2)26)9-11-22(16,3)20(18)10-12-23(19,21)4/h5,17-21H,6-13H2,1-4H3,(H,24,25)/t17-,18+,19+,20+,21+,22+,23+/m1/s1. The average molecular weight is 374 g/mol. The Balaban J connectivity index is 1.55. The second kappa shape index (κ2) is 6.63. The Hall–Kier alpha value is -1.32. The number of ether oxygens (including phenoxy) is 1. The van der Waals surface area contributed by atoms with Crippen molar-refractivity contribution < 1.29 is 14.3 Å². The Morgan fingerprint density at radius 3 is 2.56 bits per heavy atom. The van der Waals surface area contributed by atoms with Crippen molar-refractivity contribution in [2.45, 2.75) is 91.2 Å². The van der Waals surface area contributed by atoms with Crippen LogP contribution in [0.2, 0.25) is 0 Å². The molecule has 3 saturated carbocycles. The fourth-order valence-corrected chi connectivity index (χ4v) is 7.45. The van der Waals surface area contributed by atoms with E-state index in [-0.39, 0.29) is 28.8 Å². The molecule has 1 amide bonds. The zero-order valence-electron chi connectivity index (χ0n) is 17.3. The third-order valence-corrected chi connectivity index (χ3v) is 8.77. The molecule has 27 heavy (non-hydrogen) atoms. The average Bonchev–Trinajstić information content (AvgIpc) is 2.91. The molecular weight excluding hydrogens is 338 g/mol. The van der Waals surface area contributed by atoms with Crippen LogP contribution in [0.15, 0.2) is 11.6 Å². The summed E-state index contributed by atoms with van der Waals surface area (Å²) in [5.74, 6) is 2.16. The summed E-state index contributed by atoms with van der Waals surface area (Å²) in [6.07, 6.45) is 11.6. The van der Waals surface area contributed by atoms with Crippen LogP contribution in [0, 0.1) is 28.6 Å². The van der Waals surface area contributed by atoms with Gasteiger partial charge in [0, 0.05) is 26.3 Å². The van der Waals surface area contributed by atoms with Crippen molar-refractivity contribution in [3.8, 4) is 0 Å². The number of rotatable bonds is 2. The summed E-state index contributed by atoms with van der Waals surface area (Å²) in [7, 11) is 0. The fourth-order valence-electron chi connectivity index (χ4n) is 7.45.